The summed E-state index contributed by atoms with van der Waals surface area (Å²) >= 11 is 0. The number of rotatable bonds is 20. The summed E-state index contributed by atoms with van der Waals surface area (Å²) in [4.78, 5) is 6.72. The number of anilines is 12. The molecule has 0 N–H and O–H groups in total. The van der Waals surface area contributed by atoms with Crippen LogP contribution in [-0.4, -0.2) is 0 Å². The van der Waals surface area contributed by atoms with Crippen LogP contribution in [0, 0.1) is 93.1 Å². The van der Waals surface area contributed by atoms with Crippen molar-refractivity contribution in [3.63, 3.8) is 0 Å². The van der Waals surface area contributed by atoms with Gasteiger partial charge in [-0.2, -0.15) is 0 Å². The van der Waals surface area contributed by atoms with Gasteiger partial charge in [0.25, 0.3) is 0 Å². The van der Waals surface area contributed by atoms with Crippen molar-refractivity contribution in [3.8, 4) is 89.0 Å². The first-order valence-electron chi connectivity index (χ1n) is 46.9. The third-order valence-corrected chi connectivity index (χ3v) is 26.7. The van der Waals surface area contributed by atoms with Gasteiger partial charge in [-0.1, -0.05) is 170 Å². The molecule has 0 saturated heterocycles. The third kappa shape index (κ3) is 18.1. The molecule has 0 aliphatic rings. The maximum absolute atomic E-state index is 16.6. The number of nitrogens with zero attached hydrogens (tertiary/aromatic N) is 4. The lowest BCUT2D eigenvalue weighted by molar-refractivity contribution is 0.583. The average Bonchev–Trinajstić information content (AvgIpc) is 0.717. The van der Waals surface area contributed by atoms with E-state index >= 15 is 26.3 Å². The quantitative estimate of drug-likeness (QED) is 0.0557. The molecule has 24 aromatic rings. The SMILES string of the molecule is Fc1cccc(-c2cc(-c3cccc(F)c3)cc(N(c3cc(F)cc(F)c3)c3ccc4ccc5c(N(c6cc(F)cc(F)c6)c6cc(-c7cccc(F)c7)cc(-c7cccc(F)c7)c6)ccc6ccc3c4c65)c2)c1.Fc1cccc(-c2cc(-c3cccc(F)c3)cc(N(c3ccc(F)cc3F)c3ccc4ccc5c(N(c6cc(-c7cccc(F)c7)cc(-c7cccc(F)c7)c6)c6ccc(F)cc6F)ccc6ccc3c4c65)c2)c1. The summed E-state index contributed by atoms with van der Waals surface area (Å²) < 4.78 is 244. The van der Waals surface area contributed by atoms with Gasteiger partial charge in [0.2, 0.25) is 0 Å². The molecule has 0 aliphatic heterocycles. The van der Waals surface area contributed by atoms with Crippen molar-refractivity contribution in [1.82, 2.24) is 0 Å². The van der Waals surface area contributed by atoms with Crippen LogP contribution in [0.3, 0.4) is 0 Å². The maximum Gasteiger partial charge on any atom is 0.150 e. The molecule has 24 aromatic carbocycles. The Bertz CT molecular complexity index is 8590. The number of halogens is 16. The van der Waals surface area contributed by atoms with Gasteiger partial charge >= 0.3 is 0 Å². The molecular formula is C128H72F16N4. The minimum absolute atomic E-state index is 0.0195. The largest absolute Gasteiger partial charge is 0.310 e. The Balaban J connectivity index is 0.000000163. The van der Waals surface area contributed by atoms with Gasteiger partial charge in [0.05, 0.1) is 45.5 Å². The van der Waals surface area contributed by atoms with Crippen LogP contribution in [0.2, 0.25) is 0 Å². The molecule has 0 aromatic heterocycles. The summed E-state index contributed by atoms with van der Waals surface area (Å²) in [6.45, 7) is 0. The van der Waals surface area contributed by atoms with E-state index in [0.29, 0.717) is 156 Å². The minimum atomic E-state index is -0.878. The molecule has 0 spiro atoms. The van der Waals surface area contributed by atoms with E-state index in [2.05, 4.69) is 0 Å². The first-order valence-corrected chi connectivity index (χ1v) is 46.9. The van der Waals surface area contributed by atoms with Crippen molar-refractivity contribution in [3.05, 3.63) is 530 Å². The van der Waals surface area contributed by atoms with Gasteiger partial charge in [-0.3, -0.25) is 0 Å². The average molecular weight is 1970 g/mol. The molecule has 4 nitrogen and oxygen atoms in total. The van der Waals surface area contributed by atoms with Gasteiger partial charge in [0.1, 0.15) is 93.1 Å². The predicted octanol–water partition coefficient (Wildman–Crippen LogP) is 38.6. The Labute approximate surface area is 836 Å². The van der Waals surface area contributed by atoms with Crippen LogP contribution >= 0.6 is 0 Å². The Hall–Kier alpha value is -18.6. The van der Waals surface area contributed by atoms with Gasteiger partial charge < -0.3 is 19.6 Å². The molecular weight excluding hydrogens is 1900 g/mol. The van der Waals surface area contributed by atoms with E-state index in [4.69, 9.17) is 0 Å². The highest BCUT2D eigenvalue weighted by Gasteiger charge is 2.31. The smallest absolute Gasteiger partial charge is 0.150 e. The summed E-state index contributed by atoms with van der Waals surface area (Å²) in [6, 6.07) is 112. The normalized spacial score (nSPS) is 11.5. The lowest BCUT2D eigenvalue weighted by atomic mass is 9.91. The van der Waals surface area contributed by atoms with E-state index in [9.17, 15) is 43.9 Å². The zero-order valence-corrected chi connectivity index (χ0v) is 77.4. The summed E-state index contributed by atoms with van der Waals surface area (Å²) in [5.74, 6) is -10.6. The van der Waals surface area contributed by atoms with Crippen LogP contribution in [0.15, 0.2) is 437 Å². The predicted molar refractivity (Wildman–Crippen MR) is 562 cm³/mol. The summed E-state index contributed by atoms with van der Waals surface area (Å²) in [5.41, 5.74) is 12.0. The van der Waals surface area contributed by atoms with E-state index in [1.807, 2.05) is 97.1 Å². The second kappa shape index (κ2) is 38.3. The molecule has 716 valence electrons. The first-order chi connectivity index (χ1) is 71.8. The van der Waals surface area contributed by atoms with Gasteiger partial charge in [-0.15, -0.1) is 0 Å². The topological polar surface area (TPSA) is 13.0 Å². The zero-order valence-electron chi connectivity index (χ0n) is 77.4. The number of benzene rings is 24. The van der Waals surface area contributed by atoms with E-state index < -0.39 is 93.1 Å². The highest BCUT2D eigenvalue weighted by atomic mass is 19.2. The maximum atomic E-state index is 16.6. The monoisotopic (exact) mass is 1970 g/mol. The molecule has 0 bridgehead atoms. The standard InChI is InChI=1S/2C64H36F8N2/c65-47-9-1-5-39(27-47)43-25-44(40-6-2-10-48(66)28-40)32-53(31-43)73(61-23-17-51(69)35-57(61)71)59-21-15-37-14-20-56-60(22-16-38-13-19-55(59)63(37)64(38)56)74(62-24-18-52(70)36-58(62)72)54-33-45(41-7-3-11-49(67)29-41)26-46(34-54)42-8-4-12-50(68)30-42;65-47-9-1-5-39(23-47)43-21-44(40-6-2-10-48(66)24-40)28-55(27-43)73(57-33-51(69)31-52(70)34-57)61-19-15-37-14-18-60-62(20-16-38-13-17-59(61)63(37)64(38)60)74(58-35-53(71)32-54(72)36-58)56-29-45(41-7-3-11-49(67)25-41)22-46(30-56)42-8-4-12-50(68)26-42/h2*1-36H. The van der Waals surface area contributed by atoms with Gasteiger partial charge in [0, 0.05) is 68.6 Å². The van der Waals surface area contributed by atoms with E-state index in [-0.39, 0.29) is 22.7 Å². The second-order valence-electron chi connectivity index (χ2n) is 36.1. The van der Waals surface area contributed by atoms with Crippen LogP contribution in [0.25, 0.3) is 154 Å². The van der Waals surface area contributed by atoms with Crippen molar-refractivity contribution in [1.29, 1.82) is 0 Å². The Morgan fingerprint density at radius 1 is 0.115 bits per heavy atom. The van der Waals surface area contributed by atoms with Crippen molar-refractivity contribution in [2.45, 2.75) is 0 Å². The summed E-state index contributed by atoms with van der Waals surface area (Å²) in [5, 5.41) is 8.66. The van der Waals surface area contributed by atoms with E-state index in [0.717, 1.165) is 79.5 Å². The lowest BCUT2D eigenvalue weighted by Gasteiger charge is -2.30. The van der Waals surface area contributed by atoms with Crippen LogP contribution in [-0.2, 0) is 0 Å². The molecule has 0 amide bonds. The molecule has 0 radical (unpaired) electrons. The molecule has 148 heavy (non-hydrogen) atoms. The summed E-state index contributed by atoms with van der Waals surface area (Å²) in [7, 11) is 0. The highest BCUT2D eigenvalue weighted by Crippen LogP contribution is 2.55. The van der Waals surface area contributed by atoms with Crippen LogP contribution in [0.4, 0.5) is 138 Å². The minimum Gasteiger partial charge on any atom is -0.310 e. The van der Waals surface area contributed by atoms with Gasteiger partial charge in [-0.25, -0.2) is 70.2 Å². The molecule has 0 fully saturated rings. The molecule has 0 unspecified atom stereocenters. The lowest BCUT2D eigenvalue weighted by Crippen LogP contribution is -2.14. The van der Waals surface area contributed by atoms with Crippen molar-refractivity contribution in [2.24, 2.45) is 0 Å². The summed E-state index contributed by atoms with van der Waals surface area (Å²) in [6.07, 6.45) is 0. The number of hydrogen-bond acceptors (Lipinski definition) is 4. The van der Waals surface area contributed by atoms with E-state index in [1.54, 1.807) is 189 Å². The third-order valence-electron chi connectivity index (χ3n) is 26.7. The molecule has 0 saturated carbocycles. The van der Waals surface area contributed by atoms with Gasteiger partial charge in [-0.05, 0) is 375 Å². The van der Waals surface area contributed by atoms with Crippen molar-refractivity contribution < 1.29 is 70.2 Å². The fraction of sp³-hybridized carbons (Fsp3) is 0. The van der Waals surface area contributed by atoms with Gasteiger partial charge in [0.15, 0.2) is 0 Å². The molecule has 24 rings (SSSR count). The van der Waals surface area contributed by atoms with Crippen molar-refractivity contribution in [2.75, 3.05) is 19.6 Å². The Morgan fingerprint density at radius 2 is 0.291 bits per heavy atom. The fourth-order valence-corrected chi connectivity index (χ4v) is 20.3. The zero-order chi connectivity index (χ0) is 102. The van der Waals surface area contributed by atoms with E-state index in [1.165, 1.54) is 133 Å². The fourth-order valence-electron chi connectivity index (χ4n) is 20.3. The van der Waals surface area contributed by atoms with Crippen LogP contribution in [0.1, 0.15) is 0 Å². The Kier molecular flexibility index (Phi) is 24.1. The second-order valence-corrected chi connectivity index (χ2v) is 36.1. The Morgan fingerprint density at radius 3 is 0.493 bits per heavy atom. The highest BCUT2D eigenvalue weighted by molar-refractivity contribution is 6.30. The number of hydrogen-bond donors (Lipinski definition) is 0. The van der Waals surface area contributed by atoms with Crippen LogP contribution in [0.5, 0.6) is 0 Å². The molecule has 20 heteroatoms. The van der Waals surface area contributed by atoms with Crippen molar-refractivity contribution >= 4 is 133 Å². The van der Waals surface area contributed by atoms with Crippen LogP contribution < -0.4 is 19.6 Å². The molecule has 0 aliphatic carbocycles. The first kappa shape index (κ1) is 93.1. The molecule has 0 atom stereocenters. The molecule has 0 heterocycles.